The molecule has 150 valence electrons. The molecule has 1 aliphatic rings. The maximum Gasteiger partial charge on any atom is 0.191 e. The molecule has 0 unspecified atom stereocenters. The Kier molecular flexibility index (Phi) is 11.8. The highest BCUT2D eigenvalue weighted by molar-refractivity contribution is 14.0. The average molecular weight is 477 g/mol. The second kappa shape index (κ2) is 13.3. The SMILES string of the molecule is CCCN1CCC(CN=C(NCC)NCCn2cnnc2CC)CC1.I. The van der Waals surface area contributed by atoms with Crippen LogP contribution in [0.5, 0.6) is 0 Å². The zero-order valence-corrected chi connectivity index (χ0v) is 18.9. The first kappa shape index (κ1) is 23.1. The third-order valence-corrected chi connectivity index (χ3v) is 4.76. The van der Waals surface area contributed by atoms with Crippen LogP contribution in [0.2, 0.25) is 0 Å². The molecule has 2 N–H and O–H groups in total. The van der Waals surface area contributed by atoms with Crippen molar-refractivity contribution in [3.63, 3.8) is 0 Å². The Morgan fingerprint density at radius 3 is 2.62 bits per heavy atom. The topological polar surface area (TPSA) is 70.4 Å². The molecule has 0 bridgehead atoms. The number of piperidine rings is 1. The zero-order chi connectivity index (χ0) is 17.9. The highest BCUT2D eigenvalue weighted by atomic mass is 127. The van der Waals surface area contributed by atoms with Crippen LogP contribution in [0.25, 0.3) is 0 Å². The van der Waals surface area contributed by atoms with E-state index >= 15 is 0 Å². The van der Waals surface area contributed by atoms with Gasteiger partial charge in [-0.05, 0) is 51.7 Å². The van der Waals surface area contributed by atoms with Crippen molar-refractivity contribution in [2.75, 3.05) is 39.3 Å². The first-order chi connectivity index (χ1) is 12.3. The Bertz CT molecular complexity index is 509. The molecule has 0 atom stereocenters. The molecule has 1 aromatic heterocycles. The van der Waals surface area contributed by atoms with Crippen molar-refractivity contribution in [2.45, 2.75) is 53.0 Å². The van der Waals surface area contributed by atoms with E-state index in [1.807, 2.05) is 0 Å². The molecule has 1 saturated heterocycles. The number of hydrogen-bond donors (Lipinski definition) is 2. The summed E-state index contributed by atoms with van der Waals surface area (Å²) in [6.07, 6.45) is 6.50. The molecule has 0 saturated carbocycles. The minimum Gasteiger partial charge on any atom is -0.357 e. The Hall–Kier alpha value is -0.900. The van der Waals surface area contributed by atoms with Crippen molar-refractivity contribution in [3.8, 4) is 0 Å². The number of guanidine groups is 1. The lowest BCUT2D eigenvalue weighted by Gasteiger charge is -2.31. The van der Waals surface area contributed by atoms with E-state index in [4.69, 9.17) is 4.99 Å². The van der Waals surface area contributed by atoms with Crippen LogP contribution in [0, 0.1) is 5.92 Å². The molecular weight excluding hydrogens is 441 g/mol. The first-order valence-corrected chi connectivity index (χ1v) is 9.88. The number of aliphatic imine (C=N–C) groups is 1. The number of hydrogen-bond acceptors (Lipinski definition) is 4. The molecule has 0 amide bonds. The highest BCUT2D eigenvalue weighted by Gasteiger charge is 2.18. The van der Waals surface area contributed by atoms with Gasteiger partial charge in [0, 0.05) is 32.6 Å². The lowest BCUT2D eigenvalue weighted by molar-refractivity contribution is 0.188. The van der Waals surface area contributed by atoms with Gasteiger partial charge in [0.1, 0.15) is 12.2 Å². The van der Waals surface area contributed by atoms with Crippen molar-refractivity contribution in [3.05, 3.63) is 12.2 Å². The number of aryl methyl sites for hydroxylation is 1. The summed E-state index contributed by atoms with van der Waals surface area (Å²) >= 11 is 0. The minimum atomic E-state index is 0. The maximum atomic E-state index is 4.80. The minimum absolute atomic E-state index is 0. The van der Waals surface area contributed by atoms with Crippen LogP contribution in [0.1, 0.15) is 45.9 Å². The van der Waals surface area contributed by atoms with Crippen LogP contribution in [-0.2, 0) is 13.0 Å². The Balaban J connectivity index is 0.00000338. The fourth-order valence-electron chi connectivity index (χ4n) is 3.31. The van der Waals surface area contributed by atoms with Gasteiger partial charge < -0.3 is 20.1 Å². The van der Waals surface area contributed by atoms with E-state index in [9.17, 15) is 0 Å². The van der Waals surface area contributed by atoms with Crippen molar-refractivity contribution in [1.82, 2.24) is 30.3 Å². The molecule has 0 aromatic carbocycles. The van der Waals surface area contributed by atoms with Crippen LogP contribution in [-0.4, -0.2) is 64.9 Å². The van der Waals surface area contributed by atoms with Crippen LogP contribution >= 0.6 is 24.0 Å². The van der Waals surface area contributed by atoms with E-state index in [-0.39, 0.29) is 24.0 Å². The Morgan fingerprint density at radius 2 is 1.96 bits per heavy atom. The molecule has 0 spiro atoms. The summed E-state index contributed by atoms with van der Waals surface area (Å²) in [7, 11) is 0. The summed E-state index contributed by atoms with van der Waals surface area (Å²) in [6, 6.07) is 0. The van der Waals surface area contributed by atoms with Gasteiger partial charge in [0.2, 0.25) is 0 Å². The second-order valence-electron chi connectivity index (χ2n) is 6.73. The summed E-state index contributed by atoms with van der Waals surface area (Å²) < 4.78 is 2.10. The van der Waals surface area contributed by atoms with Gasteiger partial charge in [-0.3, -0.25) is 4.99 Å². The smallest absolute Gasteiger partial charge is 0.191 e. The monoisotopic (exact) mass is 477 g/mol. The number of nitrogens with one attached hydrogen (secondary N) is 2. The van der Waals surface area contributed by atoms with E-state index in [2.05, 4.69) is 51.1 Å². The Morgan fingerprint density at radius 1 is 1.19 bits per heavy atom. The van der Waals surface area contributed by atoms with E-state index in [1.54, 1.807) is 6.33 Å². The van der Waals surface area contributed by atoms with Gasteiger partial charge >= 0.3 is 0 Å². The maximum absolute atomic E-state index is 4.80. The van der Waals surface area contributed by atoms with Gasteiger partial charge in [-0.1, -0.05) is 13.8 Å². The number of rotatable bonds is 9. The summed E-state index contributed by atoms with van der Waals surface area (Å²) in [5, 5.41) is 14.9. The highest BCUT2D eigenvalue weighted by Crippen LogP contribution is 2.17. The third-order valence-electron chi connectivity index (χ3n) is 4.76. The quantitative estimate of drug-likeness (QED) is 0.324. The van der Waals surface area contributed by atoms with E-state index in [1.165, 1.54) is 38.9 Å². The predicted molar refractivity (Wildman–Crippen MR) is 118 cm³/mol. The summed E-state index contributed by atoms with van der Waals surface area (Å²) in [4.78, 5) is 7.38. The fraction of sp³-hybridized carbons (Fsp3) is 0.833. The first-order valence-electron chi connectivity index (χ1n) is 9.88. The van der Waals surface area contributed by atoms with Gasteiger partial charge in [0.25, 0.3) is 0 Å². The molecule has 8 heteroatoms. The number of nitrogens with zero attached hydrogens (tertiary/aromatic N) is 5. The third kappa shape index (κ3) is 7.77. The van der Waals surface area contributed by atoms with Crippen molar-refractivity contribution in [1.29, 1.82) is 0 Å². The molecule has 0 radical (unpaired) electrons. The van der Waals surface area contributed by atoms with Crippen molar-refractivity contribution < 1.29 is 0 Å². The van der Waals surface area contributed by atoms with E-state index in [0.29, 0.717) is 5.92 Å². The molecule has 26 heavy (non-hydrogen) atoms. The zero-order valence-electron chi connectivity index (χ0n) is 16.6. The number of likely N-dealkylation sites (tertiary alicyclic amines) is 1. The van der Waals surface area contributed by atoms with Gasteiger partial charge in [0.15, 0.2) is 5.96 Å². The summed E-state index contributed by atoms with van der Waals surface area (Å²) in [5.74, 6) is 2.67. The van der Waals surface area contributed by atoms with E-state index in [0.717, 1.165) is 44.4 Å². The lowest BCUT2D eigenvalue weighted by atomic mass is 9.97. The standard InChI is InChI=1S/C18H35N7.HI/c1-4-10-24-11-7-16(8-12-24)14-21-18(19-6-3)20-9-13-25-15-22-23-17(25)5-2;/h15-16H,4-14H2,1-3H3,(H2,19,20,21);1H. The molecule has 7 nitrogen and oxygen atoms in total. The molecule has 1 aromatic rings. The molecule has 2 rings (SSSR count). The summed E-state index contributed by atoms with van der Waals surface area (Å²) in [5.41, 5.74) is 0. The molecule has 1 aliphatic heterocycles. The Labute approximate surface area is 175 Å². The normalized spacial score (nSPS) is 16.3. The average Bonchev–Trinajstić information content (AvgIpc) is 3.08. The molecule has 1 fully saturated rings. The molecule has 0 aliphatic carbocycles. The van der Waals surface area contributed by atoms with Crippen LogP contribution < -0.4 is 10.6 Å². The van der Waals surface area contributed by atoms with Crippen LogP contribution in [0.4, 0.5) is 0 Å². The van der Waals surface area contributed by atoms with Crippen LogP contribution in [0.3, 0.4) is 0 Å². The van der Waals surface area contributed by atoms with Gasteiger partial charge in [-0.25, -0.2) is 0 Å². The fourth-order valence-corrected chi connectivity index (χ4v) is 3.31. The number of halogens is 1. The predicted octanol–water partition coefficient (Wildman–Crippen LogP) is 2.14. The van der Waals surface area contributed by atoms with Gasteiger partial charge in [0.05, 0.1) is 0 Å². The largest absolute Gasteiger partial charge is 0.357 e. The van der Waals surface area contributed by atoms with Crippen molar-refractivity contribution in [2.24, 2.45) is 10.9 Å². The van der Waals surface area contributed by atoms with Gasteiger partial charge in [-0.15, -0.1) is 34.2 Å². The second-order valence-corrected chi connectivity index (χ2v) is 6.73. The van der Waals surface area contributed by atoms with E-state index < -0.39 is 0 Å². The lowest BCUT2D eigenvalue weighted by Crippen LogP contribution is -2.40. The number of aromatic nitrogens is 3. The molecule has 2 heterocycles. The van der Waals surface area contributed by atoms with Gasteiger partial charge in [-0.2, -0.15) is 0 Å². The summed E-state index contributed by atoms with van der Waals surface area (Å²) in [6.45, 7) is 13.6. The molecular formula is C18H36IN7. The van der Waals surface area contributed by atoms with Crippen molar-refractivity contribution >= 4 is 29.9 Å². The van der Waals surface area contributed by atoms with Crippen LogP contribution in [0.15, 0.2) is 11.3 Å².